The molecule has 1 aromatic rings. The molecule has 1 fully saturated rings. The summed E-state index contributed by atoms with van der Waals surface area (Å²) in [6.45, 7) is 4.60. The minimum atomic E-state index is 0.176. The lowest BCUT2D eigenvalue weighted by atomic mass is 9.78. The van der Waals surface area contributed by atoms with Gasteiger partial charge in [-0.2, -0.15) is 0 Å². The highest BCUT2D eigenvalue weighted by atomic mass is 32.1. The van der Waals surface area contributed by atoms with Crippen molar-refractivity contribution in [2.75, 3.05) is 0 Å². The number of carbonyl (C=O) groups is 1. The standard InChI is InChI=1S/C17H25NOS/c1-11-6-5-8-15(12(11)2)18-17(19)14-10-20-16-9-4-3-7-13(14)16/h10-12,15H,3-9H2,1-2H3,(H,18,19). The third kappa shape index (κ3) is 2.65. The Labute approximate surface area is 126 Å². The summed E-state index contributed by atoms with van der Waals surface area (Å²) in [7, 11) is 0. The molecule has 3 atom stereocenters. The van der Waals surface area contributed by atoms with Crippen molar-refractivity contribution in [2.45, 2.75) is 64.8 Å². The average molecular weight is 291 g/mol. The molecule has 1 amide bonds. The molecule has 0 radical (unpaired) electrons. The Balaban J connectivity index is 1.71. The van der Waals surface area contributed by atoms with Gasteiger partial charge in [0.1, 0.15) is 0 Å². The highest BCUT2D eigenvalue weighted by Gasteiger charge is 2.29. The van der Waals surface area contributed by atoms with Crippen LogP contribution < -0.4 is 5.32 Å². The number of nitrogens with one attached hydrogen (secondary N) is 1. The van der Waals surface area contributed by atoms with Crippen LogP contribution in [0.2, 0.25) is 0 Å². The smallest absolute Gasteiger partial charge is 0.252 e. The molecule has 0 aliphatic heterocycles. The van der Waals surface area contributed by atoms with E-state index in [9.17, 15) is 4.79 Å². The Morgan fingerprint density at radius 2 is 2.00 bits per heavy atom. The fourth-order valence-corrected chi connectivity index (χ4v) is 4.84. The minimum Gasteiger partial charge on any atom is -0.349 e. The molecule has 0 aromatic carbocycles. The van der Waals surface area contributed by atoms with E-state index in [4.69, 9.17) is 0 Å². The molecule has 2 aliphatic rings. The quantitative estimate of drug-likeness (QED) is 0.870. The van der Waals surface area contributed by atoms with Crippen molar-refractivity contribution in [3.05, 3.63) is 21.4 Å². The van der Waals surface area contributed by atoms with Crippen LogP contribution in [0.15, 0.2) is 5.38 Å². The Bertz CT molecular complexity index is 493. The monoisotopic (exact) mass is 291 g/mol. The van der Waals surface area contributed by atoms with Crippen LogP contribution >= 0.6 is 11.3 Å². The van der Waals surface area contributed by atoms with Crippen LogP contribution in [0.3, 0.4) is 0 Å². The SMILES string of the molecule is CC1CCCC(NC(=O)c2csc3c2CCCC3)C1C. The maximum Gasteiger partial charge on any atom is 0.252 e. The Morgan fingerprint density at radius 3 is 2.85 bits per heavy atom. The molecule has 20 heavy (non-hydrogen) atoms. The van der Waals surface area contributed by atoms with Crippen molar-refractivity contribution in [3.63, 3.8) is 0 Å². The molecular formula is C17H25NOS. The normalized spacial score (nSPS) is 29.8. The van der Waals surface area contributed by atoms with Crippen LogP contribution in [0.4, 0.5) is 0 Å². The van der Waals surface area contributed by atoms with Gasteiger partial charge in [-0.3, -0.25) is 4.79 Å². The van der Waals surface area contributed by atoms with Crippen molar-refractivity contribution in [3.8, 4) is 0 Å². The second-order valence-corrected chi connectivity index (χ2v) is 7.57. The van der Waals surface area contributed by atoms with E-state index in [2.05, 4.69) is 24.5 Å². The molecule has 2 nitrogen and oxygen atoms in total. The van der Waals surface area contributed by atoms with Gasteiger partial charge in [0, 0.05) is 16.3 Å². The lowest BCUT2D eigenvalue weighted by molar-refractivity contribution is 0.0890. The third-order valence-corrected chi connectivity index (χ3v) is 6.42. The molecular weight excluding hydrogens is 266 g/mol. The van der Waals surface area contributed by atoms with Gasteiger partial charge in [-0.25, -0.2) is 0 Å². The number of thiophene rings is 1. The number of hydrogen-bond donors (Lipinski definition) is 1. The summed E-state index contributed by atoms with van der Waals surface area (Å²) in [5.41, 5.74) is 2.31. The Kier molecular flexibility index (Phi) is 4.16. The average Bonchev–Trinajstić information content (AvgIpc) is 2.88. The molecule has 0 spiro atoms. The van der Waals surface area contributed by atoms with E-state index in [1.807, 2.05) is 0 Å². The first-order chi connectivity index (χ1) is 9.66. The molecule has 110 valence electrons. The second kappa shape index (κ2) is 5.88. The molecule has 3 heteroatoms. The second-order valence-electron chi connectivity index (χ2n) is 6.61. The van der Waals surface area contributed by atoms with Crippen LogP contribution in [0.25, 0.3) is 0 Å². The fraction of sp³-hybridized carbons (Fsp3) is 0.706. The van der Waals surface area contributed by atoms with Gasteiger partial charge in [0.25, 0.3) is 5.91 Å². The fourth-order valence-electron chi connectivity index (χ4n) is 3.72. The van der Waals surface area contributed by atoms with E-state index in [0.717, 1.165) is 24.3 Å². The highest BCUT2D eigenvalue weighted by molar-refractivity contribution is 7.10. The Morgan fingerprint density at radius 1 is 1.20 bits per heavy atom. The maximum absolute atomic E-state index is 12.6. The summed E-state index contributed by atoms with van der Waals surface area (Å²) in [5.74, 6) is 1.50. The molecule has 1 saturated carbocycles. The largest absolute Gasteiger partial charge is 0.349 e. The van der Waals surface area contributed by atoms with Crippen LogP contribution in [0, 0.1) is 11.8 Å². The number of rotatable bonds is 2. The summed E-state index contributed by atoms with van der Waals surface area (Å²) in [6.07, 6.45) is 8.48. The van der Waals surface area contributed by atoms with Gasteiger partial charge in [-0.1, -0.05) is 26.7 Å². The van der Waals surface area contributed by atoms with Gasteiger partial charge in [-0.05, 0) is 49.5 Å². The van der Waals surface area contributed by atoms with E-state index < -0.39 is 0 Å². The van der Waals surface area contributed by atoms with Crippen molar-refractivity contribution >= 4 is 17.2 Å². The first kappa shape index (κ1) is 14.1. The number of fused-ring (bicyclic) bond motifs is 1. The van der Waals surface area contributed by atoms with Crippen molar-refractivity contribution in [2.24, 2.45) is 11.8 Å². The van der Waals surface area contributed by atoms with Crippen LogP contribution in [-0.2, 0) is 12.8 Å². The van der Waals surface area contributed by atoms with Gasteiger partial charge in [0.2, 0.25) is 0 Å². The molecule has 1 aromatic heterocycles. The molecule has 2 aliphatic carbocycles. The molecule has 1 N–H and O–H groups in total. The molecule has 3 unspecified atom stereocenters. The summed E-state index contributed by atoms with van der Waals surface area (Å²) in [4.78, 5) is 14.0. The molecule has 1 heterocycles. The topological polar surface area (TPSA) is 29.1 Å². The third-order valence-electron chi connectivity index (χ3n) is 5.33. The lowest BCUT2D eigenvalue weighted by Crippen LogP contribution is -2.43. The van der Waals surface area contributed by atoms with Crippen LogP contribution in [0.1, 0.15) is 66.8 Å². The maximum atomic E-state index is 12.6. The zero-order valence-electron chi connectivity index (χ0n) is 12.6. The van der Waals surface area contributed by atoms with E-state index in [0.29, 0.717) is 12.0 Å². The van der Waals surface area contributed by atoms with Crippen molar-refractivity contribution in [1.82, 2.24) is 5.32 Å². The summed E-state index contributed by atoms with van der Waals surface area (Å²) >= 11 is 1.78. The zero-order valence-corrected chi connectivity index (χ0v) is 13.4. The van der Waals surface area contributed by atoms with E-state index in [1.165, 1.54) is 42.5 Å². The van der Waals surface area contributed by atoms with Crippen LogP contribution in [-0.4, -0.2) is 11.9 Å². The summed E-state index contributed by atoms with van der Waals surface area (Å²) in [6, 6.07) is 0.366. The van der Waals surface area contributed by atoms with Gasteiger partial charge in [-0.15, -0.1) is 11.3 Å². The number of amides is 1. The van der Waals surface area contributed by atoms with Gasteiger partial charge >= 0.3 is 0 Å². The van der Waals surface area contributed by atoms with Crippen LogP contribution in [0.5, 0.6) is 0 Å². The predicted molar refractivity (Wildman–Crippen MR) is 84.4 cm³/mol. The van der Waals surface area contributed by atoms with Gasteiger partial charge in [0.05, 0.1) is 5.56 Å². The first-order valence-electron chi connectivity index (χ1n) is 8.07. The molecule has 3 rings (SSSR count). The highest BCUT2D eigenvalue weighted by Crippen LogP contribution is 2.32. The predicted octanol–water partition coefficient (Wildman–Crippen LogP) is 4.18. The van der Waals surface area contributed by atoms with E-state index >= 15 is 0 Å². The molecule has 0 bridgehead atoms. The minimum absolute atomic E-state index is 0.176. The lowest BCUT2D eigenvalue weighted by Gasteiger charge is -2.34. The van der Waals surface area contributed by atoms with E-state index in [1.54, 1.807) is 11.3 Å². The summed E-state index contributed by atoms with van der Waals surface area (Å²) in [5, 5.41) is 5.40. The van der Waals surface area contributed by atoms with Gasteiger partial charge < -0.3 is 5.32 Å². The van der Waals surface area contributed by atoms with E-state index in [-0.39, 0.29) is 5.91 Å². The number of hydrogen-bond acceptors (Lipinski definition) is 2. The first-order valence-corrected chi connectivity index (χ1v) is 8.95. The molecule has 0 saturated heterocycles. The zero-order chi connectivity index (χ0) is 14.1. The Hall–Kier alpha value is -0.830. The summed E-state index contributed by atoms with van der Waals surface area (Å²) < 4.78 is 0. The number of aryl methyl sites for hydroxylation is 1. The van der Waals surface area contributed by atoms with Gasteiger partial charge in [0.15, 0.2) is 0 Å². The number of carbonyl (C=O) groups excluding carboxylic acids is 1. The van der Waals surface area contributed by atoms with Crippen molar-refractivity contribution in [1.29, 1.82) is 0 Å². The van der Waals surface area contributed by atoms with Crippen molar-refractivity contribution < 1.29 is 4.79 Å².